The summed E-state index contributed by atoms with van der Waals surface area (Å²) in [6, 6.07) is 6.89. The van der Waals surface area contributed by atoms with E-state index in [1.165, 1.54) is 17.4 Å². The van der Waals surface area contributed by atoms with Gasteiger partial charge in [0.25, 0.3) is 0 Å². The number of aryl methyl sites for hydroxylation is 1. The number of rotatable bonds is 4. The fourth-order valence-corrected chi connectivity index (χ4v) is 3.54. The highest BCUT2D eigenvalue weighted by Crippen LogP contribution is 2.37. The fraction of sp³-hybridized carbons (Fsp3) is 0.286. The SMILES string of the molecule is CCNC(c1ccc(F)c(C)c1)c1cc(Cl)sc1Cl. The third-order valence-corrected chi connectivity index (χ3v) is 4.44. The number of halogens is 3. The second-order valence-corrected chi connectivity index (χ2v) is 6.56. The van der Waals surface area contributed by atoms with Gasteiger partial charge in [-0.3, -0.25) is 0 Å². The Morgan fingerprint density at radius 3 is 2.58 bits per heavy atom. The Hall–Kier alpha value is -0.610. The Morgan fingerprint density at radius 2 is 2.05 bits per heavy atom. The number of benzene rings is 1. The van der Waals surface area contributed by atoms with Gasteiger partial charge in [-0.2, -0.15) is 0 Å². The van der Waals surface area contributed by atoms with Crippen molar-refractivity contribution in [1.29, 1.82) is 0 Å². The molecule has 1 aromatic carbocycles. The van der Waals surface area contributed by atoms with Crippen LogP contribution in [0.1, 0.15) is 29.7 Å². The van der Waals surface area contributed by atoms with E-state index in [1.54, 1.807) is 13.0 Å². The smallest absolute Gasteiger partial charge is 0.126 e. The summed E-state index contributed by atoms with van der Waals surface area (Å²) in [5, 5.41) is 3.36. The van der Waals surface area contributed by atoms with E-state index >= 15 is 0 Å². The number of thiophene rings is 1. The average Bonchev–Trinajstić information content (AvgIpc) is 2.69. The minimum absolute atomic E-state index is 0.0689. The third-order valence-electron chi connectivity index (χ3n) is 2.92. The van der Waals surface area contributed by atoms with Crippen LogP contribution in [0.2, 0.25) is 8.67 Å². The molecule has 1 aromatic heterocycles. The summed E-state index contributed by atoms with van der Waals surface area (Å²) in [4.78, 5) is 0. The fourth-order valence-electron chi connectivity index (χ4n) is 2.01. The van der Waals surface area contributed by atoms with Crippen LogP contribution >= 0.6 is 34.5 Å². The topological polar surface area (TPSA) is 12.0 Å². The van der Waals surface area contributed by atoms with E-state index < -0.39 is 0 Å². The van der Waals surface area contributed by atoms with Crippen LogP contribution in [0.5, 0.6) is 0 Å². The molecule has 1 heterocycles. The van der Waals surface area contributed by atoms with Gasteiger partial charge in [0.1, 0.15) is 5.82 Å². The molecule has 2 aromatic rings. The molecule has 0 aliphatic carbocycles. The summed E-state index contributed by atoms with van der Waals surface area (Å²) in [5.74, 6) is -0.201. The zero-order valence-corrected chi connectivity index (χ0v) is 13.0. The van der Waals surface area contributed by atoms with Gasteiger partial charge in [0.2, 0.25) is 0 Å². The Balaban J connectivity index is 2.44. The molecule has 102 valence electrons. The molecule has 0 amide bonds. The minimum Gasteiger partial charge on any atom is -0.306 e. The normalized spacial score (nSPS) is 12.7. The van der Waals surface area contributed by atoms with E-state index in [-0.39, 0.29) is 11.9 Å². The van der Waals surface area contributed by atoms with Gasteiger partial charge in [-0.1, -0.05) is 42.3 Å². The maximum Gasteiger partial charge on any atom is 0.126 e. The van der Waals surface area contributed by atoms with Crippen LogP contribution < -0.4 is 5.32 Å². The first-order valence-electron chi connectivity index (χ1n) is 5.97. The van der Waals surface area contributed by atoms with Crippen LogP contribution in [0.3, 0.4) is 0 Å². The summed E-state index contributed by atoms with van der Waals surface area (Å²) in [6.45, 7) is 4.56. The molecule has 5 heteroatoms. The molecule has 0 radical (unpaired) electrons. The second-order valence-electron chi connectivity index (χ2n) is 4.28. The Kier molecular flexibility index (Phi) is 4.85. The van der Waals surface area contributed by atoms with Crippen molar-refractivity contribution in [2.45, 2.75) is 19.9 Å². The average molecular weight is 318 g/mol. The summed E-state index contributed by atoms with van der Waals surface area (Å²) in [5.41, 5.74) is 2.54. The molecule has 0 spiro atoms. The zero-order valence-electron chi connectivity index (χ0n) is 10.6. The van der Waals surface area contributed by atoms with Crippen LogP contribution in [-0.2, 0) is 0 Å². The minimum atomic E-state index is -0.201. The maximum atomic E-state index is 13.4. The molecule has 0 aliphatic heterocycles. The van der Waals surface area contributed by atoms with E-state index in [4.69, 9.17) is 23.2 Å². The highest BCUT2D eigenvalue weighted by atomic mass is 35.5. The molecule has 1 unspecified atom stereocenters. The van der Waals surface area contributed by atoms with Crippen molar-refractivity contribution < 1.29 is 4.39 Å². The lowest BCUT2D eigenvalue weighted by atomic mass is 9.99. The van der Waals surface area contributed by atoms with Gasteiger partial charge >= 0.3 is 0 Å². The standard InChI is InChI=1S/C14H14Cl2FNS/c1-3-18-13(10-7-12(15)19-14(10)16)9-4-5-11(17)8(2)6-9/h4-7,13,18H,3H2,1-2H3. The quantitative estimate of drug-likeness (QED) is 0.817. The molecule has 0 fully saturated rings. The monoisotopic (exact) mass is 317 g/mol. The van der Waals surface area contributed by atoms with Crippen LogP contribution in [0.25, 0.3) is 0 Å². The lowest BCUT2D eigenvalue weighted by molar-refractivity contribution is 0.607. The van der Waals surface area contributed by atoms with E-state index in [9.17, 15) is 4.39 Å². The van der Waals surface area contributed by atoms with E-state index in [0.717, 1.165) is 17.7 Å². The number of hydrogen-bond donors (Lipinski definition) is 1. The van der Waals surface area contributed by atoms with Gasteiger partial charge in [0.05, 0.1) is 14.7 Å². The van der Waals surface area contributed by atoms with E-state index in [0.29, 0.717) is 14.2 Å². The first kappa shape index (κ1) is 14.8. The van der Waals surface area contributed by atoms with Gasteiger partial charge in [-0.25, -0.2) is 4.39 Å². The molecule has 0 bridgehead atoms. The summed E-state index contributed by atoms with van der Waals surface area (Å²) in [6.07, 6.45) is 0. The predicted molar refractivity (Wildman–Crippen MR) is 81.0 cm³/mol. The van der Waals surface area contributed by atoms with Crippen molar-refractivity contribution in [2.75, 3.05) is 6.54 Å². The van der Waals surface area contributed by atoms with Crippen LogP contribution in [0.15, 0.2) is 24.3 Å². The number of nitrogens with one attached hydrogen (secondary N) is 1. The molecule has 1 atom stereocenters. The van der Waals surface area contributed by atoms with Crippen molar-refractivity contribution in [1.82, 2.24) is 5.32 Å². The maximum absolute atomic E-state index is 13.4. The first-order valence-corrected chi connectivity index (χ1v) is 7.54. The molecule has 0 saturated heterocycles. The third kappa shape index (κ3) is 3.29. The lowest BCUT2D eigenvalue weighted by Crippen LogP contribution is -2.22. The van der Waals surface area contributed by atoms with Crippen molar-refractivity contribution in [3.63, 3.8) is 0 Å². The van der Waals surface area contributed by atoms with Gasteiger partial charge < -0.3 is 5.32 Å². The van der Waals surface area contributed by atoms with Gasteiger partial charge in [0, 0.05) is 5.56 Å². The second kappa shape index (κ2) is 6.23. The Bertz CT molecular complexity index is 583. The Labute approximate surface area is 126 Å². The first-order chi connectivity index (χ1) is 9.02. The predicted octanol–water partition coefficient (Wildman–Crippen LogP) is 5.20. The van der Waals surface area contributed by atoms with E-state index in [2.05, 4.69) is 5.32 Å². The molecule has 0 saturated carbocycles. The summed E-state index contributed by atoms with van der Waals surface area (Å²) in [7, 11) is 0. The van der Waals surface area contributed by atoms with Crippen molar-refractivity contribution in [3.8, 4) is 0 Å². The number of hydrogen-bond acceptors (Lipinski definition) is 2. The molecular weight excluding hydrogens is 304 g/mol. The summed E-state index contributed by atoms with van der Waals surface area (Å²) >= 11 is 13.6. The summed E-state index contributed by atoms with van der Waals surface area (Å²) < 4.78 is 14.7. The van der Waals surface area contributed by atoms with Gasteiger partial charge in [-0.15, -0.1) is 11.3 Å². The molecule has 0 aliphatic rings. The molecule has 2 rings (SSSR count). The van der Waals surface area contributed by atoms with Crippen molar-refractivity contribution in [2.24, 2.45) is 0 Å². The lowest BCUT2D eigenvalue weighted by Gasteiger charge is -2.18. The molecule has 19 heavy (non-hydrogen) atoms. The van der Waals surface area contributed by atoms with E-state index in [1.807, 2.05) is 19.1 Å². The largest absolute Gasteiger partial charge is 0.306 e. The zero-order chi connectivity index (χ0) is 14.0. The highest BCUT2D eigenvalue weighted by Gasteiger charge is 2.19. The Morgan fingerprint density at radius 1 is 1.32 bits per heavy atom. The van der Waals surface area contributed by atoms with Gasteiger partial charge in [-0.05, 0) is 36.7 Å². The van der Waals surface area contributed by atoms with Crippen molar-refractivity contribution >= 4 is 34.5 Å². The van der Waals surface area contributed by atoms with Gasteiger partial charge in [0.15, 0.2) is 0 Å². The van der Waals surface area contributed by atoms with Crippen molar-refractivity contribution in [3.05, 3.63) is 55.4 Å². The van der Waals surface area contributed by atoms with Crippen LogP contribution in [-0.4, -0.2) is 6.54 Å². The molecule has 1 N–H and O–H groups in total. The molecular formula is C14H14Cl2FNS. The molecule has 1 nitrogen and oxygen atoms in total. The van der Waals surface area contributed by atoms with Crippen LogP contribution in [0, 0.1) is 12.7 Å². The highest BCUT2D eigenvalue weighted by molar-refractivity contribution is 7.20. The van der Waals surface area contributed by atoms with Crippen LogP contribution in [0.4, 0.5) is 4.39 Å².